The minimum Gasteiger partial charge on any atom is -0.338 e. The van der Waals surface area contributed by atoms with E-state index in [4.69, 9.17) is 0 Å². The van der Waals surface area contributed by atoms with Crippen molar-refractivity contribution in [2.24, 2.45) is 0 Å². The van der Waals surface area contributed by atoms with Crippen molar-refractivity contribution in [3.63, 3.8) is 0 Å². The first kappa shape index (κ1) is 17.3. The standard InChI is InChI=1S/C14H23N3O3S/c1-3-5-10-15-14(18)16-12-6-8-13(9-7-12)17-21(19,20)11-4-2/h6-9,17H,3-5,10-11H2,1-2H3,(H2,15,16,18). The van der Waals surface area contributed by atoms with Crippen molar-refractivity contribution in [2.75, 3.05) is 22.3 Å². The zero-order chi connectivity index (χ0) is 15.7. The molecule has 1 aromatic rings. The van der Waals surface area contributed by atoms with E-state index in [9.17, 15) is 13.2 Å². The number of unbranched alkanes of at least 4 members (excludes halogenated alkanes) is 1. The molecule has 0 aliphatic rings. The normalized spacial score (nSPS) is 11.0. The molecule has 0 saturated heterocycles. The summed E-state index contributed by atoms with van der Waals surface area (Å²) in [5.41, 5.74) is 1.10. The van der Waals surface area contributed by atoms with Crippen molar-refractivity contribution in [3.8, 4) is 0 Å². The summed E-state index contributed by atoms with van der Waals surface area (Å²) in [4.78, 5) is 11.6. The van der Waals surface area contributed by atoms with E-state index in [-0.39, 0.29) is 11.8 Å². The number of hydrogen-bond donors (Lipinski definition) is 3. The number of sulfonamides is 1. The first-order chi connectivity index (χ1) is 9.96. The average molecular weight is 313 g/mol. The molecule has 1 rings (SSSR count). The topological polar surface area (TPSA) is 87.3 Å². The predicted molar refractivity (Wildman–Crippen MR) is 86.1 cm³/mol. The lowest BCUT2D eigenvalue weighted by Gasteiger charge is -2.09. The number of hydrogen-bond acceptors (Lipinski definition) is 3. The SMILES string of the molecule is CCCCNC(=O)Nc1ccc(NS(=O)(=O)CCC)cc1. The van der Waals surface area contributed by atoms with E-state index in [0.717, 1.165) is 12.8 Å². The average Bonchev–Trinajstić information content (AvgIpc) is 2.41. The van der Waals surface area contributed by atoms with Gasteiger partial charge in [0.05, 0.1) is 5.75 Å². The van der Waals surface area contributed by atoms with Crippen LogP contribution in [-0.2, 0) is 10.0 Å². The van der Waals surface area contributed by atoms with Crippen LogP contribution in [-0.4, -0.2) is 26.7 Å². The third kappa shape index (κ3) is 6.99. The van der Waals surface area contributed by atoms with Crippen LogP contribution in [0.25, 0.3) is 0 Å². The number of anilines is 2. The molecule has 21 heavy (non-hydrogen) atoms. The molecule has 3 N–H and O–H groups in total. The summed E-state index contributed by atoms with van der Waals surface area (Å²) in [6, 6.07) is 6.29. The van der Waals surface area contributed by atoms with E-state index in [1.807, 2.05) is 6.92 Å². The Morgan fingerprint density at radius 1 is 1.05 bits per heavy atom. The Bertz CT molecular complexity index is 541. The molecule has 0 radical (unpaired) electrons. The minimum absolute atomic E-state index is 0.0901. The highest BCUT2D eigenvalue weighted by Crippen LogP contribution is 2.15. The molecule has 0 aliphatic heterocycles. The van der Waals surface area contributed by atoms with Gasteiger partial charge in [0.1, 0.15) is 0 Å². The zero-order valence-electron chi connectivity index (χ0n) is 12.5. The molecule has 0 heterocycles. The smallest absolute Gasteiger partial charge is 0.319 e. The van der Waals surface area contributed by atoms with Crippen molar-refractivity contribution in [2.45, 2.75) is 33.1 Å². The van der Waals surface area contributed by atoms with Gasteiger partial charge in [-0.15, -0.1) is 0 Å². The lowest BCUT2D eigenvalue weighted by atomic mass is 10.3. The van der Waals surface area contributed by atoms with Gasteiger partial charge in [-0.25, -0.2) is 13.2 Å². The Morgan fingerprint density at radius 2 is 1.67 bits per heavy atom. The quantitative estimate of drug-likeness (QED) is 0.645. The van der Waals surface area contributed by atoms with Crippen LogP contribution in [0.3, 0.4) is 0 Å². The number of carbonyl (C=O) groups is 1. The summed E-state index contributed by atoms with van der Waals surface area (Å²) in [6.07, 6.45) is 2.52. The fourth-order valence-corrected chi connectivity index (χ4v) is 2.81. The lowest BCUT2D eigenvalue weighted by Crippen LogP contribution is -2.29. The van der Waals surface area contributed by atoms with Crippen molar-refractivity contribution in [1.29, 1.82) is 0 Å². The molecule has 0 aromatic heterocycles. The number of amides is 2. The fourth-order valence-electron chi connectivity index (χ4n) is 1.67. The molecule has 0 fully saturated rings. The maximum absolute atomic E-state index is 11.6. The van der Waals surface area contributed by atoms with Crippen LogP contribution < -0.4 is 15.4 Å². The lowest BCUT2D eigenvalue weighted by molar-refractivity contribution is 0.252. The van der Waals surface area contributed by atoms with Crippen molar-refractivity contribution < 1.29 is 13.2 Å². The highest BCUT2D eigenvalue weighted by atomic mass is 32.2. The molecule has 2 amide bonds. The fraction of sp³-hybridized carbons (Fsp3) is 0.500. The number of urea groups is 1. The van der Waals surface area contributed by atoms with Gasteiger partial charge in [-0.2, -0.15) is 0 Å². The molecule has 0 saturated carbocycles. The molecular formula is C14H23N3O3S. The van der Waals surface area contributed by atoms with Crippen LogP contribution >= 0.6 is 0 Å². The highest BCUT2D eigenvalue weighted by Gasteiger charge is 2.08. The van der Waals surface area contributed by atoms with Gasteiger partial charge in [0, 0.05) is 17.9 Å². The number of rotatable bonds is 8. The van der Waals surface area contributed by atoms with Crippen molar-refractivity contribution >= 4 is 27.4 Å². The Balaban J connectivity index is 2.52. The molecule has 0 bridgehead atoms. The van der Waals surface area contributed by atoms with Gasteiger partial charge in [0.15, 0.2) is 0 Å². The van der Waals surface area contributed by atoms with Crippen LogP contribution in [0.2, 0.25) is 0 Å². The van der Waals surface area contributed by atoms with Crippen LogP contribution in [0.1, 0.15) is 33.1 Å². The summed E-state index contributed by atoms with van der Waals surface area (Å²) in [7, 11) is -3.29. The van der Waals surface area contributed by atoms with Gasteiger partial charge in [0.25, 0.3) is 0 Å². The molecule has 1 aromatic carbocycles. The second-order valence-corrected chi connectivity index (χ2v) is 6.57. The molecule has 0 atom stereocenters. The van der Waals surface area contributed by atoms with Crippen LogP contribution in [0.4, 0.5) is 16.2 Å². The van der Waals surface area contributed by atoms with E-state index < -0.39 is 10.0 Å². The highest BCUT2D eigenvalue weighted by molar-refractivity contribution is 7.92. The predicted octanol–water partition coefficient (Wildman–Crippen LogP) is 2.76. The van der Waals surface area contributed by atoms with Gasteiger partial charge in [-0.3, -0.25) is 4.72 Å². The van der Waals surface area contributed by atoms with E-state index in [2.05, 4.69) is 22.3 Å². The Labute approximate surface area is 126 Å². The first-order valence-electron chi connectivity index (χ1n) is 7.12. The summed E-state index contributed by atoms with van der Waals surface area (Å²) in [5.74, 6) is 0.0901. The monoisotopic (exact) mass is 313 g/mol. The van der Waals surface area contributed by atoms with E-state index in [1.165, 1.54) is 0 Å². The summed E-state index contributed by atoms with van der Waals surface area (Å²) >= 11 is 0. The molecule has 0 spiro atoms. The maximum atomic E-state index is 11.6. The van der Waals surface area contributed by atoms with Crippen molar-refractivity contribution in [3.05, 3.63) is 24.3 Å². The molecule has 7 heteroatoms. The molecule has 6 nitrogen and oxygen atoms in total. The van der Waals surface area contributed by atoms with Crippen LogP contribution in [0.5, 0.6) is 0 Å². The van der Waals surface area contributed by atoms with Gasteiger partial charge in [0.2, 0.25) is 10.0 Å². The second kappa shape index (κ2) is 8.51. The summed E-state index contributed by atoms with van der Waals surface area (Å²) in [5, 5.41) is 5.43. The van der Waals surface area contributed by atoms with Crippen molar-refractivity contribution in [1.82, 2.24) is 5.32 Å². The first-order valence-corrected chi connectivity index (χ1v) is 8.77. The Kier molecular flexibility index (Phi) is 7.01. The van der Waals surface area contributed by atoms with Crippen LogP contribution in [0.15, 0.2) is 24.3 Å². The largest absolute Gasteiger partial charge is 0.338 e. The van der Waals surface area contributed by atoms with E-state index >= 15 is 0 Å². The van der Waals surface area contributed by atoms with Gasteiger partial charge in [-0.1, -0.05) is 20.3 Å². The Hall–Kier alpha value is -1.76. The number of nitrogens with one attached hydrogen (secondary N) is 3. The number of benzene rings is 1. The Morgan fingerprint density at radius 3 is 2.24 bits per heavy atom. The molecule has 0 aliphatic carbocycles. The maximum Gasteiger partial charge on any atom is 0.319 e. The van der Waals surface area contributed by atoms with E-state index in [1.54, 1.807) is 24.3 Å². The molecule has 0 unspecified atom stereocenters. The third-order valence-corrected chi connectivity index (χ3v) is 4.20. The van der Waals surface area contributed by atoms with Gasteiger partial charge in [-0.05, 0) is 37.1 Å². The summed E-state index contributed by atoms with van der Waals surface area (Å²) in [6.45, 7) is 4.50. The number of carbonyl (C=O) groups excluding carboxylic acids is 1. The van der Waals surface area contributed by atoms with E-state index in [0.29, 0.717) is 24.3 Å². The summed E-state index contributed by atoms with van der Waals surface area (Å²) < 4.78 is 25.7. The second-order valence-electron chi connectivity index (χ2n) is 4.73. The molecular weight excluding hydrogens is 290 g/mol. The minimum atomic E-state index is -3.29. The van der Waals surface area contributed by atoms with Crippen LogP contribution in [0, 0.1) is 0 Å². The zero-order valence-corrected chi connectivity index (χ0v) is 13.3. The third-order valence-electron chi connectivity index (χ3n) is 2.70. The van der Waals surface area contributed by atoms with Gasteiger partial charge < -0.3 is 10.6 Å². The molecule has 118 valence electrons. The van der Waals surface area contributed by atoms with Gasteiger partial charge >= 0.3 is 6.03 Å².